The fourth-order valence-corrected chi connectivity index (χ4v) is 3.78. The summed E-state index contributed by atoms with van der Waals surface area (Å²) in [5.41, 5.74) is 0. The maximum atomic E-state index is 12.5. The molecule has 1 N–H and O–H groups in total. The molecule has 4 nitrogen and oxygen atoms in total. The van der Waals surface area contributed by atoms with E-state index in [9.17, 15) is 9.90 Å². The Hall–Kier alpha value is -0.610. The standard InChI is InChI=1S/C16H30N2O2/c1-13-7-6-10-18(15(13)12-19)11-16(20)17(2)14-8-4-3-5-9-14/h13-15,19H,3-12H2,1-2H3. The van der Waals surface area contributed by atoms with Crippen LogP contribution in [0.5, 0.6) is 0 Å². The molecule has 0 radical (unpaired) electrons. The van der Waals surface area contributed by atoms with Crippen molar-refractivity contribution in [2.45, 2.75) is 64.0 Å². The Bertz CT molecular complexity index is 316. The number of likely N-dealkylation sites (tertiary alicyclic amines) is 1. The highest BCUT2D eigenvalue weighted by Crippen LogP contribution is 2.24. The number of aliphatic hydroxyl groups excluding tert-OH is 1. The number of hydrogen-bond donors (Lipinski definition) is 1. The second-order valence-electron chi connectivity index (χ2n) is 6.64. The molecule has 1 saturated carbocycles. The molecule has 116 valence electrons. The number of hydrogen-bond acceptors (Lipinski definition) is 3. The molecule has 2 aliphatic rings. The van der Waals surface area contributed by atoms with Crippen LogP contribution in [0.2, 0.25) is 0 Å². The number of likely N-dealkylation sites (N-methyl/N-ethyl adjacent to an activating group) is 1. The lowest BCUT2D eigenvalue weighted by Crippen LogP contribution is -2.52. The van der Waals surface area contributed by atoms with Gasteiger partial charge in [-0.25, -0.2) is 0 Å². The number of nitrogens with zero attached hydrogens (tertiary/aromatic N) is 2. The van der Waals surface area contributed by atoms with Gasteiger partial charge in [0.1, 0.15) is 0 Å². The lowest BCUT2D eigenvalue weighted by Gasteiger charge is -2.40. The van der Waals surface area contributed by atoms with E-state index in [0.717, 1.165) is 32.2 Å². The fourth-order valence-electron chi connectivity index (χ4n) is 3.78. The van der Waals surface area contributed by atoms with Crippen LogP contribution in [0.15, 0.2) is 0 Å². The summed E-state index contributed by atoms with van der Waals surface area (Å²) in [5, 5.41) is 9.57. The van der Waals surface area contributed by atoms with Gasteiger partial charge < -0.3 is 10.0 Å². The van der Waals surface area contributed by atoms with Gasteiger partial charge >= 0.3 is 0 Å². The summed E-state index contributed by atoms with van der Waals surface area (Å²) < 4.78 is 0. The van der Waals surface area contributed by atoms with Gasteiger partial charge in [-0.3, -0.25) is 9.69 Å². The van der Waals surface area contributed by atoms with Crippen molar-refractivity contribution in [3.05, 3.63) is 0 Å². The highest BCUT2D eigenvalue weighted by molar-refractivity contribution is 5.78. The van der Waals surface area contributed by atoms with E-state index < -0.39 is 0 Å². The minimum atomic E-state index is 0.160. The van der Waals surface area contributed by atoms with Gasteiger partial charge in [-0.2, -0.15) is 0 Å². The number of rotatable bonds is 4. The second kappa shape index (κ2) is 7.41. The first-order valence-electron chi connectivity index (χ1n) is 8.24. The Labute approximate surface area is 123 Å². The van der Waals surface area contributed by atoms with Gasteiger partial charge in [-0.1, -0.05) is 26.2 Å². The van der Waals surface area contributed by atoms with E-state index in [0.29, 0.717) is 18.5 Å². The van der Waals surface area contributed by atoms with E-state index in [2.05, 4.69) is 11.8 Å². The average Bonchev–Trinajstić information content (AvgIpc) is 2.47. The van der Waals surface area contributed by atoms with Crippen molar-refractivity contribution in [2.75, 3.05) is 26.7 Å². The first kappa shape index (κ1) is 15.8. The van der Waals surface area contributed by atoms with E-state index in [-0.39, 0.29) is 18.6 Å². The van der Waals surface area contributed by atoms with Crippen LogP contribution in [0.1, 0.15) is 51.9 Å². The van der Waals surface area contributed by atoms with Gasteiger partial charge in [-0.05, 0) is 38.1 Å². The third kappa shape index (κ3) is 3.73. The summed E-state index contributed by atoms with van der Waals surface area (Å²) in [4.78, 5) is 16.6. The van der Waals surface area contributed by atoms with Crippen LogP contribution in [0.25, 0.3) is 0 Å². The van der Waals surface area contributed by atoms with Crippen LogP contribution >= 0.6 is 0 Å². The molecule has 0 spiro atoms. The smallest absolute Gasteiger partial charge is 0.236 e. The first-order chi connectivity index (χ1) is 9.63. The fraction of sp³-hybridized carbons (Fsp3) is 0.938. The number of carbonyl (C=O) groups excluding carboxylic acids is 1. The van der Waals surface area contributed by atoms with Crippen molar-refractivity contribution >= 4 is 5.91 Å². The summed E-state index contributed by atoms with van der Waals surface area (Å²) in [6.07, 6.45) is 8.43. The summed E-state index contributed by atoms with van der Waals surface area (Å²) in [7, 11) is 1.96. The monoisotopic (exact) mass is 282 g/mol. The van der Waals surface area contributed by atoms with Crippen LogP contribution in [-0.2, 0) is 4.79 Å². The molecule has 20 heavy (non-hydrogen) atoms. The minimum Gasteiger partial charge on any atom is -0.395 e. The van der Waals surface area contributed by atoms with Crippen LogP contribution < -0.4 is 0 Å². The van der Waals surface area contributed by atoms with Crippen molar-refractivity contribution in [3.63, 3.8) is 0 Å². The number of piperidine rings is 1. The quantitative estimate of drug-likeness (QED) is 0.856. The molecular weight excluding hydrogens is 252 g/mol. The van der Waals surface area contributed by atoms with Gasteiger partial charge in [0.05, 0.1) is 13.2 Å². The van der Waals surface area contributed by atoms with Crippen LogP contribution in [0.4, 0.5) is 0 Å². The normalized spacial score (nSPS) is 29.4. The van der Waals surface area contributed by atoms with Crippen molar-refractivity contribution in [1.82, 2.24) is 9.80 Å². The summed E-state index contributed by atoms with van der Waals surface area (Å²) in [5.74, 6) is 0.714. The molecule has 2 fully saturated rings. The number of carbonyl (C=O) groups is 1. The zero-order valence-electron chi connectivity index (χ0n) is 13.1. The van der Waals surface area contributed by atoms with Crippen LogP contribution in [0, 0.1) is 5.92 Å². The molecule has 0 aromatic heterocycles. The van der Waals surface area contributed by atoms with Crippen molar-refractivity contribution in [1.29, 1.82) is 0 Å². The van der Waals surface area contributed by atoms with Gasteiger partial charge in [-0.15, -0.1) is 0 Å². The van der Waals surface area contributed by atoms with Crippen LogP contribution in [0.3, 0.4) is 0 Å². The molecule has 2 rings (SSSR count). The molecule has 0 aromatic carbocycles. The topological polar surface area (TPSA) is 43.8 Å². The minimum absolute atomic E-state index is 0.160. The predicted octanol–water partition coefficient (Wildman–Crippen LogP) is 1.87. The lowest BCUT2D eigenvalue weighted by molar-refractivity contribution is -0.135. The maximum Gasteiger partial charge on any atom is 0.236 e. The van der Waals surface area contributed by atoms with Gasteiger partial charge in [0.15, 0.2) is 0 Å². The molecule has 0 aromatic rings. The highest BCUT2D eigenvalue weighted by Gasteiger charge is 2.31. The van der Waals surface area contributed by atoms with Crippen LogP contribution in [-0.4, -0.2) is 59.6 Å². The number of amides is 1. The Kier molecular flexibility index (Phi) is 5.85. The lowest BCUT2D eigenvalue weighted by atomic mass is 9.91. The first-order valence-corrected chi connectivity index (χ1v) is 8.24. The van der Waals surface area contributed by atoms with E-state index in [4.69, 9.17) is 0 Å². The molecule has 0 bridgehead atoms. The van der Waals surface area contributed by atoms with Gasteiger partial charge in [0.25, 0.3) is 0 Å². The molecule has 1 aliphatic carbocycles. The Morgan fingerprint density at radius 3 is 2.55 bits per heavy atom. The molecule has 2 unspecified atom stereocenters. The second-order valence-corrected chi connectivity index (χ2v) is 6.64. The van der Waals surface area contributed by atoms with Gasteiger partial charge in [0, 0.05) is 19.1 Å². The van der Waals surface area contributed by atoms with E-state index in [1.807, 2.05) is 11.9 Å². The SMILES string of the molecule is CC1CCCN(CC(=O)N(C)C2CCCCC2)C1CO. The highest BCUT2D eigenvalue weighted by atomic mass is 16.3. The van der Waals surface area contributed by atoms with E-state index in [1.54, 1.807) is 0 Å². The molecule has 1 amide bonds. The molecule has 4 heteroatoms. The molecule has 2 atom stereocenters. The zero-order chi connectivity index (χ0) is 14.5. The average molecular weight is 282 g/mol. The number of aliphatic hydroxyl groups is 1. The summed E-state index contributed by atoms with van der Waals surface area (Å²) in [6, 6.07) is 0.596. The van der Waals surface area contributed by atoms with Crippen molar-refractivity contribution in [2.24, 2.45) is 5.92 Å². The van der Waals surface area contributed by atoms with Gasteiger partial charge in [0.2, 0.25) is 5.91 Å². The maximum absolute atomic E-state index is 12.5. The molecule has 1 heterocycles. The summed E-state index contributed by atoms with van der Waals surface area (Å²) >= 11 is 0. The Balaban J connectivity index is 1.88. The third-order valence-electron chi connectivity index (χ3n) is 5.27. The Morgan fingerprint density at radius 1 is 1.20 bits per heavy atom. The summed E-state index contributed by atoms with van der Waals surface area (Å²) in [6.45, 7) is 3.77. The molecular formula is C16H30N2O2. The Morgan fingerprint density at radius 2 is 1.90 bits per heavy atom. The molecule has 1 aliphatic heterocycles. The predicted molar refractivity (Wildman–Crippen MR) is 80.5 cm³/mol. The van der Waals surface area contributed by atoms with E-state index >= 15 is 0 Å². The van der Waals surface area contributed by atoms with Crippen molar-refractivity contribution < 1.29 is 9.90 Å². The zero-order valence-corrected chi connectivity index (χ0v) is 13.1. The van der Waals surface area contributed by atoms with Crippen molar-refractivity contribution in [3.8, 4) is 0 Å². The van der Waals surface area contributed by atoms with E-state index in [1.165, 1.54) is 19.3 Å². The molecule has 1 saturated heterocycles. The largest absolute Gasteiger partial charge is 0.395 e. The third-order valence-corrected chi connectivity index (χ3v) is 5.27.